The highest BCUT2D eigenvalue weighted by Crippen LogP contribution is 2.49. The van der Waals surface area contributed by atoms with Gasteiger partial charge in [0.25, 0.3) is 0 Å². The second-order valence-electron chi connectivity index (χ2n) is 10.3. The Morgan fingerprint density at radius 3 is 2.56 bits per heavy atom. The number of halogens is 1. The number of pyridine rings is 4. The molecule has 1 fully saturated rings. The predicted octanol–water partition coefficient (Wildman–Crippen LogP) is 5.62. The number of hydrogen-bond donors (Lipinski definition) is 0. The molecule has 4 aromatic rings. The molecule has 0 aromatic carbocycles. The first-order valence-corrected chi connectivity index (χ1v) is 12.7. The lowest BCUT2D eigenvalue weighted by Crippen LogP contribution is -2.36. The van der Waals surface area contributed by atoms with Gasteiger partial charge >= 0.3 is 0 Å². The van der Waals surface area contributed by atoms with Crippen LogP contribution in [0.1, 0.15) is 30.7 Å². The molecule has 0 bridgehead atoms. The maximum absolute atomic E-state index is 6.77. The quantitative estimate of drug-likeness (QED) is 0.338. The van der Waals surface area contributed by atoms with Crippen LogP contribution in [0, 0.1) is 13.8 Å². The van der Waals surface area contributed by atoms with Crippen molar-refractivity contribution in [2.24, 2.45) is 0 Å². The number of fused-ring (bicyclic) bond motifs is 2. The van der Waals surface area contributed by atoms with Crippen LogP contribution in [-0.4, -0.2) is 52.8 Å². The molecule has 0 N–H and O–H groups in total. The summed E-state index contributed by atoms with van der Waals surface area (Å²) >= 11 is 6.77. The van der Waals surface area contributed by atoms with Gasteiger partial charge in [0.05, 0.1) is 47.4 Å². The molecular weight excluding hydrogens is 472 g/mol. The summed E-state index contributed by atoms with van der Waals surface area (Å²) in [6.45, 7) is 12.4. The van der Waals surface area contributed by atoms with E-state index in [2.05, 4.69) is 65.7 Å². The van der Waals surface area contributed by atoms with Crippen LogP contribution >= 0.6 is 11.6 Å². The third-order valence-electron chi connectivity index (χ3n) is 7.17. The molecule has 0 aliphatic carbocycles. The van der Waals surface area contributed by atoms with E-state index in [0.29, 0.717) is 24.0 Å². The number of aryl methyl sites for hydroxylation is 1. The second kappa shape index (κ2) is 8.68. The molecule has 0 atom stereocenters. The van der Waals surface area contributed by atoms with E-state index < -0.39 is 0 Å². The van der Waals surface area contributed by atoms with Crippen LogP contribution < -0.4 is 9.80 Å². The van der Waals surface area contributed by atoms with Gasteiger partial charge in [-0.1, -0.05) is 25.4 Å². The lowest BCUT2D eigenvalue weighted by molar-refractivity contribution is 0.122. The van der Waals surface area contributed by atoms with E-state index in [4.69, 9.17) is 26.3 Å². The number of morpholine rings is 1. The van der Waals surface area contributed by atoms with Gasteiger partial charge in [0, 0.05) is 48.4 Å². The van der Waals surface area contributed by atoms with Gasteiger partial charge in [-0.05, 0) is 49.7 Å². The van der Waals surface area contributed by atoms with E-state index in [1.807, 2.05) is 18.3 Å². The summed E-state index contributed by atoms with van der Waals surface area (Å²) in [5, 5.41) is 1.56. The van der Waals surface area contributed by atoms with Gasteiger partial charge in [-0.15, -0.1) is 0 Å². The van der Waals surface area contributed by atoms with Crippen molar-refractivity contribution in [3.8, 4) is 11.4 Å². The van der Waals surface area contributed by atoms with Crippen molar-refractivity contribution in [2.75, 3.05) is 42.6 Å². The molecule has 0 unspecified atom stereocenters. The van der Waals surface area contributed by atoms with Crippen LogP contribution in [0.3, 0.4) is 0 Å². The molecule has 184 valence electrons. The van der Waals surface area contributed by atoms with Crippen molar-refractivity contribution in [3.05, 3.63) is 64.7 Å². The highest BCUT2D eigenvalue weighted by molar-refractivity contribution is 6.32. The Morgan fingerprint density at radius 2 is 1.78 bits per heavy atom. The predicted molar refractivity (Wildman–Crippen MR) is 145 cm³/mol. The smallest absolute Gasteiger partial charge is 0.161 e. The van der Waals surface area contributed by atoms with E-state index in [9.17, 15) is 0 Å². The minimum absolute atomic E-state index is 0.186. The first-order valence-electron chi connectivity index (χ1n) is 12.3. The summed E-state index contributed by atoms with van der Waals surface area (Å²) < 4.78 is 5.57. The standard InChI is InChI=1S/C28H29ClN6O/c1-17-7-9-30-20(14-17)23-18(2)24(19-6-5-8-31-27(19)32-23)35-16-28(3,4)25-21(35)15-22(26(29)33-25)34-10-12-36-13-11-34/h5-9,14-15H,10-13,16H2,1-4H3. The van der Waals surface area contributed by atoms with Crippen molar-refractivity contribution in [3.63, 3.8) is 0 Å². The van der Waals surface area contributed by atoms with Gasteiger partial charge in [0.2, 0.25) is 0 Å². The zero-order valence-electron chi connectivity index (χ0n) is 21.0. The summed E-state index contributed by atoms with van der Waals surface area (Å²) in [5.74, 6) is 0. The Hall–Kier alpha value is -3.29. The first-order chi connectivity index (χ1) is 17.3. The van der Waals surface area contributed by atoms with Gasteiger partial charge in [0.1, 0.15) is 0 Å². The van der Waals surface area contributed by atoms with E-state index in [1.165, 1.54) is 0 Å². The summed E-state index contributed by atoms with van der Waals surface area (Å²) in [6.07, 6.45) is 3.63. The van der Waals surface area contributed by atoms with Gasteiger partial charge in [-0.3, -0.25) is 4.98 Å². The molecule has 8 heteroatoms. The Labute approximate surface area is 216 Å². The Bertz CT molecular complexity index is 1480. The fourth-order valence-corrected chi connectivity index (χ4v) is 5.65. The molecule has 0 radical (unpaired) electrons. The number of nitrogens with zero attached hydrogens (tertiary/aromatic N) is 6. The van der Waals surface area contributed by atoms with Crippen LogP contribution in [0.15, 0.2) is 42.7 Å². The molecule has 1 saturated heterocycles. The average molecular weight is 501 g/mol. The monoisotopic (exact) mass is 500 g/mol. The van der Waals surface area contributed by atoms with Crippen LogP contribution in [0.5, 0.6) is 0 Å². The van der Waals surface area contributed by atoms with Crippen LogP contribution in [0.25, 0.3) is 22.4 Å². The molecule has 6 rings (SSSR count). The second-order valence-corrected chi connectivity index (χ2v) is 10.6. The van der Waals surface area contributed by atoms with E-state index >= 15 is 0 Å². The zero-order valence-corrected chi connectivity index (χ0v) is 21.8. The van der Waals surface area contributed by atoms with E-state index in [1.54, 1.807) is 6.20 Å². The lowest BCUT2D eigenvalue weighted by atomic mass is 9.91. The lowest BCUT2D eigenvalue weighted by Gasteiger charge is -2.30. The third-order valence-corrected chi connectivity index (χ3v) is 7.45. The summed E-state index contributed by atoms with van der Waals surface area (Å²) in [4.78, 5) is 23.8. The first kappa shape index (κ1) is 23.1. The maximum atomic E-state index is 6.77. The third kappa shape index (κ3) is 3.78. The molecule has 2 aliphatic rings. The van der Waals surface area contributed by atoms with Gasteiger partial charge < -0.3 is 14.5 Å². The summed E-state index contributed by atoms with van der Waals surface area (Å²) in [6, 6.07) is 10.4. The van der Waals surface area contributed by atoms with Crippen molar-refractivity contribution in [1.29, 1.82) is 0 Å². The van der Waals surface area contributed by atoms with Gasteiger partial charge in [-0.2, -0.15) is 0 Å². The number of hydrogen-bond acceptors (Lipinski definition) is 7. The van der Waals surface area contributed by atoms with Gasteiger partial charge in [-0.25, -0.2) is 15.0 Å². The normalized spacial score (nSPS) is 17.0. The fourth-order valence-electron chi connectivity index (χ4n) is 5.39. The molecule has 0 saturated carbocycles. The molecule has 0 amide bonds. The number of aromatic nitrogens is 4. The van der Waals surface area contributed by atoms with E-state index in [-0.39, 0.29) is 5.41 Å². The molecular formula is C28H29ClN6O. The van der Waals surface area contributed by atoms with Crippen molar-refractivity contribution >= 4 is 39.7 Å². The SMILES string of the molecule is Cc1ccnc(-c2nc3ncccc3c(N3CC(C)(C)c4nc(Cl)c(N5CCOCC5)cc43)c2C)c1. The highest BCUT2D eigenvalue weighted by Gasteiger charge is 2.40. The highest BCUT2D eigenvalue weighted by atomic mass is 35.5. The largest absolute Gasteiger partial charge is 0.378 e. The maximum Gasteiger partial charge on any atom is 0.161 e. The van der Waals surface area contributed by atoms with Gasteiger partial charge in [0.15, 0.2) is 10.8 Å². The fraction of sp³-hybridized carbons (Fsp3) is 0.357. The van der Waals surface area contributed by atoms with Crippen LogP contribution in [0.2, 0.25) is 5.15 Å². The molecule has 2 aliphatic heterocycles. The Balaban J connectivity index is 1.58. The zero-order chi connectivity index (χ0) is 25.0. The molecule has 4 aromatic heterocycles. The summed E-state index contributed by atoms with van der Waals surface area (Å²) in [5.41, 5.74) is 8.57. The van der Waals surface area contributed by atoms with Crippen molar-refractivity contribution < 1.29 is 4.74 Å². The average Bonchev–Trinajstić information content (AvgIpc) is 3.13. The van der Waals surface area contributed by atoms with Crippen molar-refractivity contribution in [1.82, 2.24) is 19.9 Å². The Kier molecular flexibility index (Phi) is 5.57. The summed E-state index contributed by atoms with van der Waals surface area (Å²) in [7, 11) is 0. The minimum atomic E-state index is -0.186. The number of ether oxygens (including phenoxy) is 1. The van der Waals surface area contributed by atoms with E-state index in [0.717, 1.165) is 70.3 Å². The van der Waals surface area contributed by atoms with Crippen LogP contribution in [0.4, 0.5) is 17.1 Å². The molecule has 7 nitrogen and oxygen atoms in total. The molecule has 6 heterocycles. The van der Waals surface area contributed by atoms with Crippen LogP contribution in [-0.2, 0) is 10.2 Å². The molecule has 0 spiro atoms. The molecule has 36 heavy (non-hydrogen) atoms. The number of rotatable bonds is 3. The van der Waals surface area contributed by atoms with Crippen molar-refractivity contribution in [2.45, 2.75) is 33.1 Å². The topological polar surface area (TPSA) is 67.3 Å². The minimum Gasteiger partial charge on any atom is -0.378 e. The Morgan fingerprint density at radius 1 is 0.972 bits per heavy atom. The number of anilines is 3.